The molecule has 94 valence electrons. The van der Waals surface area contributed by atoms with Gasteiger partial charge in [-0.15, -0.1) is 0 Å². The first-order valence-electron chi connectivity index (χ1n) is 6.34. The highest BCUT2D eigenvalue weighted by molar-refractivity contribution is 5.30. The average molecular weight is 233 g/mol. The second-order valence-corrected chi connectivity index (χ2v) is 6.23. The molecule has 2 N–H and O–H groups in total. The van der Waals surface area contributed by atoms with E-state index in [1.54, 1.807) is 7.11 Å². The van der Waals surface area contributed by atoms with Crippen molar-refractivity contribution in [3.63, 3.8) is 0 Å². The van der Waals surface area contributed by atoms with Gasteiger partial charge in [-0.25, -0.2) is 0 Å². The SMILES string of the molecule is COc1cccc(CC2(N)CCC(C)(C)C2)c1. The van der Waals surface area contributed by atoms with Crippen LogP contribution in [0.2, 0.25) is 0 Å². The van der Waals surface area contributed by atoms with Gasteiger partial charge in [0.1, 0.15) is 5.75 Å². The van der Waals surface area contributed by atoms with Crippen LogP contribution in [0, 0.1) is 5.41 Å². The highest BCUT2D eigenvalue weighted by Crippen LogP contribution is 2.43. The minimum Gasteiger partial charge on any atom is -0.497 e. The van der Waals surface area contributed by atoms with Gasteiger partial charge in [-0.05, 0) is 48.8 Å². The molecular weight excluding hydrogens is 210 g/mol. The molecule has 1 unspecified atom stereocenters. The van der Waals surface area contributed by atoms with E-state index in [0.29, 0.717) is 5.41 Å². The molecular formula is C15H23NO. The van der Waals surface area contributed by atoms with Crippen LogP contribution < -0.4 is 10.5 Å². The van der Waals surface area contributed by atoms with Gasteiger partial charge in [-0.3, -0.25) is 0 Å². The van der Waals surface area contributed by atoms with E-state index < -0.39 is 0 Å². The highest BCUT2D eigenvalue weighted by Gasteiger charge is 2.40. The Bertz CT molecular complexity index is 400. The van der Waals surface area contributed by atoms with Gasteiger partial charge in [0.2, 0.25) is 0 Å². The van der Waals surface area contributed by atoms with Crippen LogP contribution in [-0.4, -0.2) is 12.6 Å². The molecule has 2 rings (SSSR count). The van der Waals surface area contributed by atoms with Crippen molar-refractivity contribution in [3.8, 4) is 5.75 Å². The predicted molar refractivity (Wildman–Crippen MR) is 71.2 cm³/mol. The summed E-state index contributed by atoms with van der Waals surface area (Å²) >= 11 is 0. The first kappa shape index (κ1) is 12.4. The monoisotopic (exact) mass is 233 g/mol. The largest absolute Gasteiger partial charge is 0.497 e. The van der Waals surface area contributed by atoms with Gasteiger partial charge in [0, 0.05) is 5.54 Å². The van der Waals surface area contributed by atoms with Crippen molar-refractivity contribution < 1.29 is 4.74 Å². The van der Waals surface area contributed by atoms with E-state index in [-0.39, 0.29) is 5.54 Å². The fourth-order valence-corrected chi connectivity index (χ4v) is 3.06. The molecule has 0 aromatic heterocycles. The lowest BCUT2D eigenvalue weighted by molar-refractivity contribution is 0.334. The van der Waals surface area contributed by atoms with Gasteiger partial charge in [0.25, 0.3) is 0 Å². The van der Waals surface area contributed by atoms with Gasteiger partial charge in [-0.1, -0.05) is 26.0 Å². The summed E-state index contributed by atoms with van der Waals surface area (Å²) in [7, 11) is 1.70. The van der Waals surface area contributed by atoms with E-state index in [2.05, 4.69) is 26.0 Å². The summed E-state index contributed by atoms with van der Waals surface area (Å²) in [5.41, 5.74) is 8.16. The number of hydrogen-bond donors (Lipinski definition) is 1. The predicted octanol–water partition coefficient (Wildman–Crippen LogP) is 3.15. The number of nitrogens with two attached hydrogens (primary N) is 1. The van der Waals surface area contributed by atoms with Crippen LogP contribution >= 0.6 is 0 Å². The lowest BCUT2D eigenvalue weighted by Crippen LogP contribution is -2.40. The Morgan fingerprint density at radius 3 is 2.65 bits per heavy atom. The van der Waals surface area contributed by atoms with E-state index in [9.17, 15) is 0 Å². The fourth-order valence-electron chi connectivity index (χ4n) is 3.06. The maximum Gasteiger partial charge on any atom is 0.119 e. The molecule has 0 spiro atoms. The van der Waals surface area contributed by atoms with E-state index in [4.69, 9.17) is 10.5 Å². The summed E-state index contributed by atoms with van der Waals surface area (Å²) in [6.07, 6.45) is 4.41. The van der Waals surface area contributed by atoms with Crippen LogP contribution in [0.1, 0.15) is 38.7 Å². The third-order valence-electron chi connectivity index (χ3n) is 3.82. The Hall–Kier alpha value is -1.02. The van der Waals surface area contributed by atoms with Crippen molar-refractivity contribution >= 4 is 0 Å². The second-order valence-electron chi connectivity index (χ2n) is 6.23. The summed E-state index contributed by atoms with van der Waals surface area (Å²) in [6, 6.07) is 8.26. The van der Waals surface area contributed by atoms with Crippen molar-refractivity contribution in [2.45, 2.75) is 45.1 Å². The summed E-state index contributed by atoms with van der Waals surface area (Å²) < 4.78 is 5.25. The molecule has 1 atom stereocenters. The maximum atomic E-state index is 6.52. The van der Waals surface area contributed by atoms with Crippen LogP contribution in [0.4, 0.5) is 0 Å². The molecule has 1 saturated carbocycles. The zero-order valence-electron chi connectivity index (χ0n) is 11.1. The molecule has 0 bridgehead atoms. The number of methoxy groups -OCH3 is 1. The fraction of sp³-hybridized carbons (Fsp3) is 0.600. The maximum absolute atomic E-state index is 6.52. The molecule has 2 nitrogen and oxygen atoms in total. The van der Waals surface area contributed by atoms with E-state index in [1.165, 1.54) is 12.0 Å². The lowest BCUT2D eigenvalue weighted by Gasteiger charge is -2.26. The molecule has 17 heavy (non-hydrogen) atoms. The Kier molecular flexibility index (Phi) is 3.17. The zero-order chi connectivity index (χ0) is 12.5. The molecule has 1 fully saturated rings. The smallest absolute Gasteiger partial charge is 0.119 e. The molecule has 0 saturated heterocycles. The summed E-state index contributed by atoms with van der Waals surface area (Å²) in [5, 5.41) is 0. The number of ether oxygens (including phenoxy) is 1. The molecule has 1 aromatic carbocycles. The third-order valence-corrected chi connectivity index (χ3v) is 3.82. The summed E-state index contributed by atoms with van der Waals surface area (Å²) in [5.74, 6) is 0.920. The summed E-state index contributed by atoms with van der Waals surface area (Å²) in [6.45, 7) is 4.63. The minimum absolute atomic E-state index is 0.0319. The quantitative estimate of drug-likeness (QED) is 0.870. The number of rotatable bonds is 3. The lowest BCUT2D eigenvalue weighted by atomic mass is 9.85. The second kappa shape index (κ2) is 4.34. The standard InChI is InChI=1S/C15H23NO/c1-14(2)7-8-15(16,11-14)10-12-5-4-6-13(9-12)17-3/h4-6,9H,7-8,10-11,16H2,1-3H3. The molecule has 1 aliphatic carbocycles. The van der Waals surface area contributed by atoms with Crippen LogP contribution in [0.15, 0.2) is 24.3 Å². The molecule has 0 aliphatic heterocycles. The molecule has 0 radical (unpaired) electrons. The Morgan fingerprint density at radius 2 is 2.06 bits per heavy atom. The van der Waals surface area contributed by atoms with Gasteiger partial charge in [0.15, 0.2) is 0 Å². The first-order chi connectivity index (χ1) is 7.92. The van der Waals surface area contributed by atoms with Gasteiger partial charge in [0.05, 0.1) is 7.11 Å². The molecule has 2 heteroatoms. The van der Waals surface area contributed by atoms with Gasteiger partial charge >= 0.3 is 0 Å². The Labute approximate surface area is 104 Å². The first-order valence-corrected chi connectivity index (χ1v) is 6.34. The normalized spacial score (nSPS) is 27.1. The highest BCUT2D eigenvalue weighted by atomic mass is 16.5. The summed E-state index contributed by atoms with van der Waals surface area (Å²) in [4.78, 5) is 0. The molecule has 1 aliphatic rings. The Balaban J connectivity index is 2.10. The zero-order valence-corrected chi connectivity index (χ0v) is 11.1. The van der Waals surface area contributed by atoms with Gasteiger partial charge < -0.3 is 10.5 Å². The molecule has 0 heterocycles. The topological polar surface area (TPSA) is 35.2 Å². The van der Waals surface area contributed by atoms with Crippen molar-refractivity contribution in [2.24, 2.45) is 11.1 Å². The Morgan fingerprint density at radius 1 is 1.29 bits per heavy atom. The number of hydrogen-bond acceptors (Lipinski definition) is 2. The van der Waals surface area contributed by atoms with Gasteiger partial charge in [-0.2, -0.15) is 0 Å². The van der Waals surface area contributed by atoms with Crippen LogP contribution in [0.25, 0.3) is 0 Å². The van der Waals surface area contributed by atoms with Crippen molar-refractivity contribution in [1.82, 2.24) is 0 Å². The molecule has 1 aromatic rings. The van der Waals surface area contributed by atoms with Crippen molar-refractivity contribution in [2.75, 3.05) is 7.11 Å². The van der Waals surface area contributed by atoms with E-state index in [0.717, 1.165) is 25.0 Å². The van der Waals surface area contributed by atoms with Crippen LogP contribution in [-0.2, 0) is 6.42 Å². The van der Waals surface area contributed by atoms with Crippen molar-refractivity contribution in [1.29, 1.82) is 0 Å². The van der Waals surface area contributed by atoms with E-state index in [1.807, 2.05) is 12.1 Å². The molecule has 0 amide bonds. The van der Waals surface area contributed by atoms with Crippen LogP contribution in [0.5, 0.6) is 5.75 Å². The number of benzene rings is 1. The minimum atomic E-state index is -0.0319. The van der Waals surface area contributed by atoms with Crippen LogP contribution in [0.3, 0.4) is 0 Å². The van der Waals surface area contributed by atoms with E-state index >= 15 is 0 Å². The average Bonchev–Trinajstić information content (AvgIpc) is 2.53. The van der Waals surface area contributed by atoms with Crippen molar-refractivity contribution in [3.05, 3.63) is 29.8 Å². The third kappa shape index (κ3) is 3.01.